The molecule has 9 nitrogen and oxygen atoms in total. The third-order valence-corrected chi connectivity index (χ3v) is 12.2. The van der Waals surface area contributed by atoms with E-state index in [0.717, 1.165) is 64.7 Å². The summed E-state index contributed by atoms with van der Waals surface area (Å²) in [5.74, 6) is 2.09. The number of methoxy groups -OCH3 is 1. The van der Waals surface area contributed by atoms with Gasteiger partial charge in [0, 0.05) is 45.3 Å². The molecule has 4 rings (SSSR count). The number of unbranched alkanes of at least 4 members (excludes halogenated alkanes) is 2. The fourth-order valence-electron chi connectivity index (χ4n) is 5.72. The van der Waals surface area contributed by atoms with Crippen LogP contribution in [0, 0.1) is 5.41 Å². The van der Waals surface area contributed by atoms with E-state index >= 15 is 0 Å². The number of nitrogens with zero attached hydrogens (tertiary/aromatic N) is 3. The van der Waals surface area contributed by atoms with E-state index in [1.165, 1.54) is 13.8 Å². The number of hydrogen-bond acceptors (Lipinski definition) is 12. The summed E-state index contributed by atoms with van der Waals surface area (Å²) < 4.78 is 15.9. The molecule has 12 heteroatoms. The lowest BCUT2D eigenvalue weighted by molar-refractivity contribution is -0.154. The molecule has 1 aromatic rings. The summed E-state index contributed by atoms with van der Waals surface area (Å²) in [7, 11) is 5.34. The standard InChI is InChI=1S/C31H43N3O5S3.C2H6O/c1-8-9-10-12-21-13-11-14-24(38-19(2)36)25(21)27-32-22(15-40-27)28-34(7)23(16-41-28)26(39-20(3)37)30(4,5)29-33-31(6,17-35)18-42-29;1-3-2/h11,13-14,17,22-23,26,28H,8-10,12,15-16,18H2,1-7H3;1-2H3. The number of carbonyl (C=O) groups excluding carboxylic acids is 3. The molecule has 0 radical (unpaired) electrons. The molecule has 1 saturated heterocycles. The number of rotatable bonds is 12. The summed E-state index contributed by atoms with van der Waals surface area (Å²) in [6.07, 6.45) is 4.72. The van der Waals surface area contributed by atoms with Gasteiger partial charge in [0.1, 0.15) is 28.7 Å². The van der Waals surface area contributed by atoms with Crippen molar-refractivity contribution in [2.45, 2.75) is 96.3 Å². The number of benzene rings is 1. The summed E-state index contributed by atoms with van der Waals surface area (Å²) in [6.45, 7) is 11.0. The largest absolute Gasteiger partial charge is 0.460 e. The number of carbonyl (C=O) groups is 3. The molecule has 45 heavy (non-hydrogen) atoms. The molecular formula is C33H49N3O6S3. The molecule has 0 saturated carbocycles. The molecule has 0 bridgehead atoms. The van der Waals surface area contributed by atoms with E-state index < -0.39 is 17.1 Å². The Balaban J connectivity index is 0.00000177. The Labute approximate surface area is 281 Å². The summed E-state index contributed by atoms with van der Waals surface area (Å²) in [4.78, 5) is 48.2. The molecule has 1 aromatic carbocycles. The number of hydrogen-bond donors (Lipinski definition) is 0. The van der Waals surface area contributed by atoms with Crippen LogP contribution in [0.4, 0.5) is 0 Å². The van der Waals surface area contributed by atoms with Gasteiger partial charge in [0.15, 0.2) is 0 Å². The van der Waals surface area contributed by atoms with Crippen molar-refractivity contribution in [2.24, 2.45) is 15.4 Å². The van der Waals surface area contributed by atoms with Crippen LogP contribution in [0.15, 0.2) is 28.2 Å². The quantitative estimate of drug-likeness (QED) is 0.115. The molecule has 0 aliphatic carbocycles. The first-order chi connectivity index (χ1) is 21.3. The van der Waals surface area contributed by atoms with Gasteiger partial charge in [-0.15, -0.1) is 35.3 Å². The second-order valence-electron chi connectivity index (χ2n) is 12.5. The first kappa shape index (κ1) is 37.6. The van der Waals surface area contributed by atoms with E-state index in [1.807, 2.05) is 30.8 Å². The fourth-order valence-corrected chi connectivity index (χ4v) is 9.91. The predicted molar refractivity (Wildman–Crippen MR) is 188 cm³/mol. The smallest absolute Gasteiger partial charge is 0.308 e. The summed E-state index contributed by atoms with van der Waals surface area (Å²) in [5, 5.41) is 1.86. The summed E-state index contributed by atoms with van der Waals surface area (Å²) in [5.41, 5.74) is 0.779. The van der Waals surface area contributed by atoms with E-state index in [1.54, 1.807) is 37.7 Å². The maximum Gasteiger partial charge on any atom is 0.308 e. The third-order valence-electron chi connectivity index (χ3n) is 8.01. The van der Waals surface area contributed by atoms with Gasteiger partial charge in [0.05, 0.1) is 33.5 Å². The van der Waals surface area contributed by atoms with E-state index in [9.17, 15) is 14.4 Å². The predicted octanol–water partition coefficient (Wildman–Crippen LogP) is 5.90. The van der Waals surface area contributed by atoms with E-state index in [2.05, 4.69) is 43.5 Å². The summed E-state index contributed by atoms with van der Waals surface area (Å²) >= 11 is 5.12. The number of likely N-dealkylation sites (N-methyl/N-ethyl adjacent to an activating group) is 1. The highest BCUT2D eigenvalue weighted by Gasteiger charge is 2.51. The van der Waals surface area contributed by atoms with Crippen molar-refractivity contribution in [1.29, 1.82) is 0 Å². The first-order valence-electron chi connectivity index (χ1n) is 15.4. The van der Waals surface area contributed by atoms with Gasteiger partial charge in [-0.05, 0) is 38.4 Å². The van der Waals surface area contributed by atoms with E-state index in [-0.39, 0.29) is 29.4 Å². The highest BCUT2D eigenvalue weighted by molar-refractivity contribution is 8.15. The van der Waals surface area contributed by atoms with Crippen molar-refractivity contribution in [1.82, 2.24) is 4.90 Å². The Bertz CT molecular complexity index is 1270. The van der Waals surface area contributed by atoms with Crippen LogP contribution in [0.5, 0.6) is 5.75 Å². The molecule has 5 unspecified atom stereocenters. The number of aldehydes is 1. The van der Waals surface area contributed by atoms with Gasteiger partial charge in [-0.1, -0.05) is 45.7 Å². The Morgan fingerprint density at radius 2 is 1.87 bits per heavy atom. The molecule has 1 fully saturated rings. The number of ether oxygens (including phenoxy) is 3. The molecule has 3 heterocycles. The highest BCUT2D eigenvalue weighted by atomic mass is 32.2. The van der Waals surface area contributed by atoms with Crippen molar-refractivity contribution in [2.75, 3.05) is 38.5 Å². The van der Waals surface area contributed by atoms with Crippen LogP contribution in [0.1, 0.15) is 71.9 Å². The van der Waals surface area contributed by atoms with Gasteiger partial charge >= 0.3 is 11.9 Å². The van der Waals surface area contributed by atoms with Crippen molar-refractivity contribution in [3.63, 3.8) is 0 Å². The number of aliphatic imine (C=N–C) groups is 2. The topological polar surface area (TPSA) is 107 Å². The van der Waals surface area contributed by atoms with Gasteiger partial charge in [0.25, 0.3) is 0 Å². The molecule has 250 valence electrons. The fraction of sp³-hybridized carbons (Fsp3) is 0.667. The van der Waals surface area contributed by atoms with E-state index in [4.69, 9.17) is 19.5 Å². The van der Waals surface area contributed by atoms with Crippen molar-refractivity contribution in [3.8, 4) is 5.75 Å². The number of esters is 2. The second-order valence-corrected chi connectivity index (χ2v) is 15.6. The minimum Gasteiger partial charge on any atom is -0.460 e. The lowest BCUT2D eigenvalue weighted by Gasteiger charge is -2.40. The van der Waals surface area contributed by atoms with Gasteiger partial charge < -0.3 is 19.0 Å². The maximum absolute atomic E-state index is 12.3. The minimum absolute atomic E-state index is 0.0246. The van der Waals surface area contributed by atoms with Crippen LogP contribution < -0.4 is 4.74 Å². The maximum atomic E-state index is 12.3. The number of thioether (sulfide) groups is 3. The lowest BCUT2D eigenvalue weighted by atomic mass is 9.82. The Kier molecular flexibility index (Phi) is 14.0. The van der Waals surface area contributed by atoms with Crippen molar-refractivity contribution >= 4 is 63.6 Å². The Morgan fingerprint density at radius 3 is 2.47 bits per heavy atom. The SMILES string of the molecule is CCCCCc1cccc(OC(C)=O)c1C1=NC(C2SCC(C(OC(C)=O)C(C)(C)C3=NC(C)(C=O)CS3)N2C)CS1.COC. The second kappa shape index (κ2) is 16.8. The van der Waals surface area contributed by atoms with Crippen molar-refractivity contribution in [3.05, 3.63) is 29.3 Å². The van der Waals surface area contributed by atoms with Crippen LogP contribution >= 0.6 is 35.3 Å². The molecule has 3 aliphatic rings. The molecule has 0 N–H and O–H groups in total. The van der Waals surface area contributed by atoms with Gasteiger partial charge in [-0.25, -0.2) is 0 Å². The molecule has 0 amide bonds. The average molecular weight is 680 g/mol. The molecule has 3 aliphatic heterocycles. The Morgan fingerprint density at radius 1 is 1.16 bits per heavy atom. The Hall–Kier alpha value is -1.86. The highest BCUT2D eigenvalue weighted by Crippen LogP contribution is 2.45. The van der Waals surface area contributed by atoms with Crippen LogP contribution in [0.2, 0.25) is 0 Å². The third kappa shape index (κ3) is 9.37. The van der Waals surface area contributed by atoms with Crippen LogP contribution in [-0.2, 0) is 30.3 Å². The number of aryl methyl sites for hydroxylation is 1. The zero-order chi connectivity index (χ0) is 33.4. The van der Waals surface area contributed by atoms with Crippen LogP contribution in [0.25, 0.3) is 0 Å². The lowest BCUT2D eigenvalue weighted by Crippen LogP contribution is -2.53. The van der Waals surface area contributed by atoms with Gasteiger partial charge in [-0.2, -0.15) is 0 Å². The molecular weight excluding hydrogens is 631 g/mol. The first-order valence-corrected chi connectivity index (χ1v) is 18.4. The normalized spacial score (nSPS) is 25.6. The van der Waals surface area contributed by atoms with Crippen LogP contribution in [-0.4, -0.2) is 101 Å². The average Bonchev–Trinajstić information content (AvgIpc) is 3.71. The summed E-state index contributed by atoms with van der Waals surface area (Å²) in [6, 6.07) is 5.90. The van der Waals surface area contributed by atoms with Crippen molar-refractivity contribution < 1.29 is 28.6 Å². The zero-order valence-electron chi connectivity index (χ0n) is 28.1. The van der Waals surface area contributed by atoms with Gasteiger partial charge in [-0.3, -0.25) is 24.5 Å². The minimum atomic E-state index is -0.749. The molecule has 0 aromatic heterocycles. The molecule has 0 spiro atoms. The zero-order valence-corrected chi connectivity index (χ0v) is 30.5. The van der Waals surface area contributed by atoms with Crippen LogP contribution in [0.3, 0.4) is 0 Å². The molecule has 5 atom stereocenters. The van der Waals surface area contributed by atoms with Gasteiger partial charge in [0.2, 0.25) is 0 Å². The monoisotopic (exact) mass is 679 g/mol. The van der Waals surface area contributed by atoms with E-state index in [0.29, 0.717) is 11.5 Å².